The first-order chi connectivity index (χ1) is 16.7. The van der Waals surface area contributed by atoms with Gasteiger partial charge in [0.25, 0.3) is 9.70 Å². The van der Waals surface area contributed by atoms with Crippen molar-refractivity contribution in [2.24, 2.45) is 7.05 Å². The number of rotatable bonds is 7. The number of hydrogen-bond donors (Lipinski definition) is 2. The van der Waals surface area contributed by atoms with Crippen LogP contribution in [0.4, 0.5) is 5.69 Å². The van der Waals surface area contributed by atoms with Crippen molar-refractivity contribution in [3.05, 3.63) is 71.5 Å². The van der Waals surface area contributed by atoms with Gasteiger partial charge < -0.3 is 24.5 Å². The molecule has 3 atom stereocenters. The minimum atomic E-state index is -2.08. The van der Waals surface area contributed by atoms with Crippen LogP contribution in [0.5, 0.6) is 0 Å². The fourth-order valence-corrected chi connectivity index (χ4v) is 4.61. The summed E-state index contributed by atoms with van der Waals surface area (Å²) in [5.41, 5.74) is 2.96. The number of nitrogens with zero attached hydrogens (tertiary/aromatic N) is 3. The summed E-state index contributed by atoms with van der Waals surface area (Å²) in [6, 6.07) is 14.7. The zero-order valence-corrected chi connectivity index (χ0v) is 21.7. The molecule has 0 radical (unpaired) electrons. The number of ether oxygens (including phenoxy) is 2. The van der Waals surface area contributed by atoms with Crippen molar-refractivity contribution in [3.8, 4) is 0 Å². The molecule has 12 heteroatoms. The molecule has 186 valence electrons. The van der Waals surface area contributed by atoms with Crippen molar-refractivity contribution in [1.29, 1.82) is 0 Å². The monoisotopic (exact) mass is 556 g/mol. The molecule has 3 aromatic rings. The van der Waals surface area contributed by atoms with Crippen LogP contribution in [0, 0.1) is 0 Å². The van der Waals surface area contributed by atoms with Crippen LogP contribution in [0.2, 0.25) is 0 Å². The van der Waals surface area contributed by atoms with Crippen molar-refractivity contribution >= 4 is 58.2 Å². The summed E-state index contributed by atoms with van der Waals surface area (Å²) in [6.45, 7) is -0.0266. The number of nitrogens with one attached hydrogen (secondary N) is 1. The Morgan fingerprint density at radius 2 is 1.97 bits per heavy atom. The summed E-state index contributed by atoms with van der Waals surface area (Å²) in [4.78, 5) is 12.1. The van der Waals surface area contributed by atoms with Crippen LogP contribution in [0.15, 0.2) is 60.0 Å². The number of carbonyl (C=O) groups is 1. The highest BCUT2D eigenvalue weighted by atomic mass is 35.6. The molecule has 0 saturated carbocycles. The summed E-state index contributed by atoms with van der Waals surface area (Å²) in [7, 11) is 1.89. The summed E-state index contributed by atoms with van der Waals surface area (Å²) < 4.78 is 12.4. The van der Waals surface area contributed by atoms with Crippen molar-refractivity contribution in [2.75, 3.05) is 11.1 Å². The molecule has 1 aromatic heterocycles. The Morgan fingerprint density at radius 1 is 1.20 bits per heavy atom. The van der Waals surface area contributed by atoms with Crippen molar-refractivity contribution in [1.82, 2.24) is 14.8 Å². The molecule has 0 spiro atoms. The number of aliphatic hydroxyl groups is 1. The summed E-state index contributed by atoms with van der Waals surface area (Å²) >= 11 is 18.6. The molecular formula is C23H23Cl3N4O4S. The minimum Gasteiger partial charge on any atom is -0.392 e. The second-order valence-electron chi connectivity index (χ2n) is 7.96. The highest BCUT2D eigenvalue weighted by Gasteiger charge is 2.33. The van der Waals surface area contributed by atoms with Gasteiger partial charge in [-0.2, -0.15) is 0 Å². The lowest BCUT2D eigenvalue weighted by atomic mass is 10.0. The van der Waals surface area contributed by atoms with Crippen molar-refractivity contribution in [3.63, 3.8) is 0 Å². The van der Waals surface area contributed by atoms with E-state index in [9.17, 15) is 9.90 Å². The average molecular weight is 558 g/mol. The predicted octanol–water partition coefficient (Wildman–Crippen LogP) is 4.95. The highest BCUT2D eigenvalue weighted by Crippen LogP contribution is 2.40. The number of aliphatic hydroxyl groups excluding tert-OH is 1. The number of aromatic nitrogens is 3. The number of anilines is 1. The van der Waals surface area contributed by atoms with Crippen molar-refractivity contribution in [2.45, 2.75) is 40.5 Å². The van der Waals surface area contributed by atoms with Gasteiger partial charge in [-0.1, -0.05) is 83.0 Å². The van der Waals surface area contributed by atoms with Crippen LogP contribution in [0.3, 0.4) is 0 Å². The van der Waals surface area contributed by atoms with Crippen LogP contribution in [-0.4, -0.2) is 41.4 Å². The average Bonchev–Trinajstić information content (AvgIpc) is 3.26. The number of amides is 1. The highest BCUT2D eigenvalue weighted by molar-refractivity contribution is 7.99. The summed E-state index contributed by atoms with van der Waals surface area (Å²) in [5.74, 6) is -0.119. The lowest BCUT2D eigenvalue weighted by Gasteiger charge is -2.36. The first-order valence-electron chi connectivity index (χ1n) is 10.7. The quantitative estimate of drug-likeness (QED) is 0.313. The Balaban J connectivity index is 1.55. The predicted molar refractivity (Wildman–Crippen MR) is 136 cm³/mol. The van der Waals surface area contributed by atoms with Gasteiger partial charge in [-0.15, -0.1) is 10.2 Å². The third-order valence-electron chi connectivity index (χ3n) is 5.36. The SMILES string of the molecule is Cn1cnnc1SCC1CC(c2ccc(CO)cc2)OC(c2cccc(NC(=O)C(Cl)(Cl)Cl)c2)O1. The number of thioether (sulfide) groups is 1. The number of benzene rings is 2. The van der Waals surface area contributed by atoms with Gasteiger partial charge in [-0.25, -0.2) is 0 Å². The molecule has 1 aliphatic rings. The van der Waals surface area contributed by atoms with Crippen LogP contribution in [0.25, 0.3) is 0 Å². The fraction of sp³-hybridized carbons (Fsp3) is 0.348. The Hall–Kier alpha value is -1.85. The van der Waals surface area contributed by atoms with E-state index < -0.39 is 16.0 Å². The summed E-state index contributed by atoms with van der Waals surface area (Å²) in [6.07, 6.45) is 1.19. The van der Waals surface area contributed by atoms with Gasteiger partial charge in [0.1, 0.15) is 6.33 Å². The van der Waals surface area contributed by atoms with E-state index in [0.717, 1.165) is 16.3 Å². The number of alkyl halides is 3. The molecule has 4 rings (SSSR count). The fourth-order valence-electron chi connectivity index (χ4n) is 3.56. The maximum atomic E-state index is 12.1. The third-order valence-corrected chi connectivity index (χ3v) is 7.04. The smallest absolute Gasteiger partial charge is 0.276 e. The molecule has 3 unspecified atom stereocenters. The van der Waals surface area contributed by atoms with E-state index in [1.54, 1.807) is 36.3 Å². The molecule has 1 fully saturated rings. The zero-order chi connectivity index (χ0) is 25.0. The Labute approximate surface area is 221 Å². The standard InChI is InChI=1S/C23H23Cl3N4O4S/c1-30-13-27-29-22(30)35-12-18-10-19(15-7-5-14(11-31)6-8-15)34-20(33-18)16-3-2-4-17(9-16)28-21(32)23(24,25)26/h2-9,13,18-20,31H,10-12H2,1H3,(H,28,32). The Bertz CT molecular complexity index is 1160. The van der Waals surface area contributed by atoms with E-state index in [2.05, 4.69) is 15.5 Å². The molecule has 35 heavy (non-hydrogen) atoms. The van der Waals surface area contributed by atoms with Crippen molar-refractivity contribution < 1.29 is 19.4 Å². The van der Waals surface area contributed by atoms with Gasteiger partial charge in [0, 0.05) is 30.5 Å². The third kappa shape index (κ3) is 6.89. The maximum absolute atomic E-state index is 12.1. The Morgan fingerprint density at radius 3 is 2.63 bits per heavy atom. The second-order valence-corrected chi connectivity index (χ2v) is 11.2. The molecule has 2 aromatic carbocycles. The van der Waals surface area contributed by atoms with Crippen LogP contribution >= 0.6 is 46.6 Å². The minimum absolute atomic E-state index is 0.0266. The van der Waals surface area contributed by atoms with Gasteiger partial charge in [-0.05, 0) is 23.3 Å². The van der Waals surface area contributed by atoms with E-state index in [4.69, 9.17) is 44.3 Å². The van der Waals surface area contributed by atoms with E-state index in [1.165, 1.54) is 0 Å². The van der Waals surface area contributed by atoms with E-state index in [0.29, 0.717) is 23.4 Å². The molecule has 1 saturated heterocycles. The van der Waals surface area contributed by atoms with Crippen LogP contribution in [-0.2, 0) is 27.9 Å². The van der Waals surface area contributed by atoms with Gasteiger partial charge in [0.15, 0.2) is 11.4 Å². The molecule has 2 N–H and O–H groups in total. The zero-order valence-electron chi connectivity index (χ0n) is 18.6. The topological polar surface area (TPSA) is 98.5 Å². The van der Waals surface area contributed by atoms with Crippen LogP contribution < -0.4 is 5.32 Å². The molecule has 8 nitrogen and oxygen atoms in total. The lowest BCUT2D eigenvalue weighted by molar-refractivity contribution is -0.245. The normalized spacial score (nSPS) is 20.5. The molecule has 1 aliphatic heterocycles. The number of hydrogen-bond acceptors (Lipinski definition) is 7. The number of aryl methyl sites for hydroxylation is 1. The molecule has 0 bridgehead atoms. The van der Waals surface area contributed by atoms with E-state index in [1.807, 2.05) is 41.9 Å². The largest absolute Gasteiger partial charge is 0.392 e. The second kappa shape index (κ2) is 11.5. The number of halogens is 3. The summed E-state index contributed by atoms with van der Waals surface area (Å²) in [5, 5.41) is 20.8. The van der Waals surface area contributed by atoms with Gasteiger partial charge in [-0.3, -0.25) is 4.79 Å². The molecule has 1 amide bonds. The lowest BCUT2D eigenvalue weighted by Crippen LogP contribution is -2.31. The first kappa shape index (κ1) is 26.2. The van der Waals surface area contributed by atoms with Crippen LogP contribution in [0.1, 0.15) is 35.5 Å². The van der Waals surface area contributed by atoms with E-state index >= 15 is 0 Å². The maximum Gasteiger partial charge on any atom is 0.276 e. The van der Waals surface area contributed by atoms with Gasteiger partial charge >= 0.3 is 0 Å². The first-order valence-corrected chi connectivity index (χ1v) is 12.8. The van der Waals surface area contributed by atoms with E-state index in [-0.39, 0.29) is 18.8 Å². The number of carbonyl (C=O) groups excluding carboxylic acids is 1. The van der Waals surface area contributed by atoms with Gasteiger partial charge in [0.2, 0.25) is 0 Å². The molecular weight excluding hydrogens is 535 g/mol. The van der Waals surface area contributed by atoms with Gasteiger partial charge in [0.05, 0.1) is 18.8 Å². The Kier molecular flexibility index (Phi) is 8.59. The molecule has 2 heterocycles. The molecule has 0 aliphatic carbocycles.